The van der Waals surface area contributed by atoms with E-state index in [1.54, 1.807) is 20.8 Å². The molecule has 2 fully saturated rings. The van der Waals surface area contributed by atoms with Crippen molar-refractivity contribution in [2.45, 2.75) is 97.2 Å². The molecule has 180 valence electrons. The normalized spacial score (nSPS) is 32.2. The van der Waals surface area contributed by atoms with Crippen molar-refractivity contribution < 1.29 is 28.6 Å². The van der Waals surface area contributed by atoms with Crippen molar-refractivity contribution >= 4 is 17.9 Å². The zero-order chi connectivity index (χ0) is 23.8. The number of esters is 3. The van der Waals surface area contributed by atoms with Crippen LogP contribution in [0.2, 0.25) is 0 Å². The van der Waals surface area contributed by atoms with Crippen LogP contribution in [-0.2, 0) is 30.3 Å². The Morgan fingerprint density at radius 2 is 1.67 bits per heavy atom. The summed E-state index contributed by atoms with van der Waals surface area (Å²) in [4.78, 5) is 36.1. The first-order valence-corrected chi connectivity index (χ1v) is 12.5. The van der Waals surface area contributed by atoms with E-state index in [-0.39, 0.29) is 35.5 Å². The predicted molar refractivity (Wildman–Crippen MR) is 123 cm³/mol. The Morgan fingerprint density at radius 3 is 2.36 bits per heavy atom. The summed E-state index contributed by atoms with van der Waals surface area (Å²) in [6.45, 7) is 7.61. The van der Waals surface area contributed by atoms with Gasteiger partial charge in [-0.15, -0.1) is 0 Å². The van der Waals surface area contributed by atoms with E-state index >= 15 is 0 Å². The smallest absolute Gasteiger partial charge is 0.310 e. The molecule has 0 bridgehead atoms. The molecule has 0 aliphatic heterocycles. The van der Waals surface area contributed by atoms with Crippen molar-refractivity contribution in [3.05, 3.63) is 29.3 Å². The van der Waals surface area contributed by atoms with Crippen LogP contribution in [0.4, 0.5) is 0 Å². The highest BCUT2D eigenvalue weighted by atomic mass is 16.6. The summed E-state index contributed by atoms with van der Waals surface area (Å²) >= 11 is 0. The third kappa shape index (κ3) is 4.41. The van der Waals surface area contributed by atoms with E-state index in [1.165, 1.54) is 11.1 Å². The third-order valence-corrected chi connectivity index (χ3v) is 8.25. The molecule has 6 heteroatoms. The molecule has 0 saturated heterocycles. The summed E-state index contributed by atoms with van der Waals surface area (Å²) in [5.41, 5.74) is 2.42. The minimum Gasteiger partial charge on any atom is -0.458 e. The molecule has 0 N–H and O–H groups in total. The number of carbonyl (C=O) groups excluding carboxylic acids is 3. The highest BCUT2D eigenvalue weighted by Gasteiger charge is 2.61. The molecule has 0 heterocycles. The molecule has 0 unspecified atom stereocenters. The fraction of sp³-hybridized carbons (Fsp3) is 0.667. The van der Waals surface area contributed by atoms with Crippen LogP contribution in [0.5, 0.6) is 5.75 Å². The van der Waals surface area contributed by atoms with Gasteiger partial charge in [-0.1, -0.05) is 33.8 Å². The van der Waals surface area contributed by atoms with Gasteiger partial charge >= 0.3 is 17.9 Å². The fourth-order valence-corrected chi connectivity index (χ4v) is 6.57. The molecule has 0 spiro atoms. The van der Waals surface area contributed by atoms with Crippen LogP contribution >= 0.6 is 0 Å². The Labute approximate surface area is 196 Å². The van der Waals surface area contributed by atoms with Gasteiger partial charge in [-0.25, -0.2) is 0 Å². The second-order valence-corrected chi connectivity index (χ2v) is 10.0. The molecule has 6 atom stereocenters. The Kier molecular flexibility index (Phi) is 6.83. The molecule has 3 aliphatic carbocycles. The lowest BCUT2D eigenvalue weighted by atomic mass is 9.55. The number of ether oxygens (including phenoxy) is 3. The van der Waals surface area contributed by atoms with Gasteiger partial charge in [0.25, 0.3) is 0 Å². The van der Waals surface area contributed by atoms with E-state index in [1.807, 2.05) is 12.1 Å². The molecular formula is C27H36O6. The van der Waals surface area contributed by atoms with Crippen LogP contribution in [0.1, 0.15) is 89.7 Å². The van der Waals surface area contributed by atoms with Crippen LogP contribution in [0.15, 0.2) is 18.2 Å². The predicted octanol–water partition coefficient (Wildman–Crippen LogP) is 5.11. The molecule has 2 saturated carbocycles. The second kappa shape index (κ2) is 9.47. The van der Waals surface area contributed by atoms with Crippen LogP contribution in [0.3, 0.4) is 0 Å². The van der Waals surface area contributed by atoms with Gasteiger partial charge in [-0.2, -0.15) is 0 Å². The largest absolute Gasteiger partial charge is 0.458 e. The number of hydrogen-bond acceptors (Lipinski definition) is 6. The lowest BCUT2D eigenvalue weighted by Gasteiger charge is -2.50. The van der Waals surface area contributed by atoms with Gasteiger partial charge in [0, 0.05) is 24.7 Å². The quantitative estimate of drug-likeness (QED) is 0.437. The molecular weight excluding hydrogens is 420 g/mol. The summed E-state index contributed by atoms with van der Waals surface area (Å²) in [6.07, 6.45) is 4.86. The number of fused-ring (bicyclic) bond motifs is 5. The van der Waals surface area contributed by atoms with E-state index in [4.69, 9.17) is 14.2 Å². The summed E-state index contributed by atoms with van der Waals surface area (Å²) in [5, 5.41) is 0. The molecule has 0 amide bonds. The molecule has 4 rings (SSSR count). The number of rotatable bonds is 6. The Hall–Kier alpha value is -2.37. The topological polar surface area (TPSA) is 78.9 Å². The van der Waals surface area contributed by atoms with Crippen molar-refractivity contribution in [2.75, 3.05) is 0 Å². The Balaban J connectivity index is 1.59. The minimum atomic E-state index is -0.386. The highest BCUT2D eigenvalue weighted by Crippen LogP contribution is 2.62. The third-order valence-electron chi connectivity index (χ3n) is 8.25. The van der Waals surface area contributed by atoms with Crippen LogP contribution in [0, 0.1) is 17.3 Å². The van der Waals surface area contributed by atoms with Crippen molar-refractivity contribution in [1.82, 2.24) is 0 Å². The van der Waals surface area contributed by atoms with Crippen molar-refractivity contribution in [3.8, 4) is 5.75 Å². The van der Waals surface area contributed by atoms with Gasteiger partial charge < -0.3 is 14.2 Å². The zero-order valence-electron chi connectivity index (χ0n) is 20.2. The van der Waals surface area contributed by atoms with E-state index < -0.39 is 0 Å². The number of aryl methyl sites for hydroxylation is 1. The van der Waals surface area contributed by atoms with E-state index in [0.29, 0.717) is 42.8 Å². The number of benzene rings is 1. The zero-order valence-corrected chi connectivity index (χ0v) is 20.2. The van der Waals surface area contributed by atoms with Crippen LogP contribution < -0.4 is 4.74 Å². The van der Waals surface area contributed by atoms with E-state index in [9.17, 15) is 14.4 Å². The maximum atomic E-state index is 12.3. The first kappa shape index (κ1) is 23.8. The molecule has 6 nitrogen and oxygen atoms in total. The summed E-state index contributed by atoms with van der Waals surface area (Å²) in [6, 6.07) is 6.07. The van der Waals surface area contributed by atoms with Crippen LogP contribution in [0.25, 0.3) is 0 Å². The van der Waals surface area contributed by atoms with Gasteiger partial charge in [0.1, 0.15) is 18.0 Å². The lowest BCUT2D eigenvalue weighted by Crippen LogP contribution is -2.47. The molecule has 1 aromatic carbocycles. The first-order chi connectivity index (χ1) is 15.8. The highest BCUT2D eigenvalue weighted by molar-refractivity contribution is 5.72. The van der Waals surface area contributed by atoms with Gasteiger partial charge in [0.2, 0.25) is 0 Å². The number of hydrogen-bond donors (Lipinski definition) is 0. The Morgan fingerprint density at radius 1 is 0.970 bits per heavy atom. The van der Waals surface area contributed by atoms with Crippen molar-refractivity contribution in [1.29, 1.82) is 0 Å². The maximum absolute atomic E-state index is 12.3. The first-order valence-electron chi connectivity index (χ1n) is 12.5. The molecule has 0 radical (unpaired) electrons. The van der Waals surface area contributed by atoms with Crippen molar-refractivity contribution in [2.24, 2.45) is 17.3 Å². The summed E-state index contributed by atoms with van der Waals surface area (Å²) in [7, 11) is 0. The molecule has 33 heavy (non-hydrogen) atoms. The van der Waals surface area contributed by atoms with Crippen molar-refractivity contribution in [3.63, 3.8) is 0 Å². The van der Waals surface area contributed by atoms with Gasteiger partial charge in [-0.3, -0.25) is 14.4 Å². The fourth-order valence-electron chi connectivity index (χ4n) is 6.57. The molecule has 1 aromatic rings. The SMILES string of the molecule is CCC(=O)Oc1ccc2c(c1)CC[C@@H]1[C@@H]2CC[C@@]2(C)[C@H]1C[C@@H](OC(=O)CC)[C@@H]2OC(=O)CC. The van der Waals surface area contributed by atoms with E-state index in [0.717, 1.165) is 32.1 Å². The van der Waals surface area contributed by atoms with Crippen LogP contribution in [-0.4, -0.2) is 30.1 Å². The average molecular weight is 457 g/mol. The maximum Gasteiger partial charge on any atom is 0.310 e. The van der Waals surface area contributed by atoms with Gasteiger partial charge in [0.15, 0.2) is 0 Å². The minimum absolute atomic E-state index is 0.196. The molecule has 0 aromatic heterocycles. The summed E-state index contributed by atoms with van der Waals surface area (Å²) in [5.74, 6) is 1.14. The van der Waals surface area contributed by atoms with E-state index in [2.05, 4.69) is 13.0 Å². The number of carbonyl (C=O) groups is 3. The molecule has 3 aliphatic rings. The van der Waals surface area contributed by atoms with Gasteiger partial charge in [0.05, 0.1) is 0 Å². The standard InChI is InChI=1S/C27H36O6/c1-5-23(28)31-17-9-11-18-16(14-17)8-10-20-19(18)12-13-27(4)21(20)15-22(32-24(29)6-2)26(27)33-25(30)7-3/h9,11,14,19-22,26H,5-8,10,12-13,15H2,1-4H3/t19-,20-,21+,22-,26+,27+/m1/s1. The average Bonchev–Trinajstić information content (AvgIpc) is 3.09. The monoisotopic (exact) mass is 456 g/mol. The summed E-state index contributed by atoms with van der Waals surface area (Å²) < 4.78 is 17.2. The second-order valence-electron chi connectivity index (χ2n) is 10.0. The Bertz CT molecular complexity index is 923. The van der Waals surface area contributed by atoms with Gasteiger partial charge in [-0.05, 0) is 73.1 Å². The lowest BCUT2D eigenvalue weighted by molar-refractivity contribution is -0.173.